The van der Waals surface area contributed by atoms with Crippen LogP contribution in [-0.2, 0) is 7.05 Å². The lowest BCUT2D eigenvalue weighted by atomic mass is 10.1. The van der Waals surface area contributed by atoms with Gasteiger partial charge in [-0.2, -0.15) is 5.10 Å². The lowest BCUT2D eigenvalue weighted by molar-refractivity contribution is 0.0924. The van der Waals surface area contributed by atoms with Crippen molar-refractivity contribution in [3.63, 3.8) is 0 Å². The minimum Gasteiger partial charge on any atom is -0.481 e. The molecule has 1 aliphatic heterocycles. The van der Waals surface area contributed by atoms with Crippen LogP contribution in [0.1, 0.15) is 10.5 Å². The van der Waals surface area contributed by atoms with Crippen LogP contribution in [0.2, 0.25) is 0 Å². The number of carbonyl (C=O) groups is 1. The van der Waals surface area contributed by atoms with Crippen LogP contribution in [0, 0.1) is 0 Å². The SMILES string of the molecule is COc1cc(N2CC(NC(=O)c3ccn(C)n3)C2)ncn1. The van der Waals surface area contributed by atoms with Gasteiger partial charge in [0.05, 0.1) is 13.2 Å². The number of aromatic nitrogens is 4. The summed E-state index contributed by atoms with van der Waals surface area (Å²) in [5.74, 6) is 1.17. The van der Waals surface area contributed by atoms with Crippen molar-refractivity contribution in [3.05, 3.63) is 30.4 Å². The number of nitrogens with one attached hydrogen (secondary N) is 1. The van der Waals surface area contributed by atoms with Crippen molar-refractivity contribution in [1.82, 2.24) is 25.1 Å². The molecule has 1 fully saturated rings. The van der Waals surface area contributed by atoms with Crippen molar-refractivity contribution in [1.29, 1.82) is 0 Å². The molecule has 2 aromatic rings. The second-order valence-corrected chi connectivity index (χ2v) is 4.87. The number of aryl methyl sites for hydroxylation is 1. The lowest BCUT2D eigenvalue weighted by Gasteiger charge is -2.40. The lowest BCUT2D eigenvalue weighted by Crippen LogP contribution is -2.59. The van der Waals surface area contributed by atoms with Gasteiger partial charge in [-0.15, -0.1) is 0 Å². The minimum absolute atomic E-state index is 0.0977. The van der Waals surface area contributed by atoms with Gasteiger partial charge in [0.2, 0.25) is 5.88 Å². The van der Waals surface area contributed by atoms with Crippen LogP contribution < -0.4 is 15.0 Å². The Morgan fingerprint density at radius 1 is 1.43 bits per heavy atom. The predicted molar refractivity (Wildman–Crippen MR) is 75.3 cm³/mol. The van der Waals surface area contributed by atoms with Gasteiger partial charge >= 0.3 is 0 Å². The number of anilines is 1. The zero-order valence-electron chi connectivity index (χ0n) is 11.9. The molecule has 8 nitrogen and oxygen atoms in total. The highest BCUT2D eigenvalue weighted by molar-refractivity contribution is 5.92. The first-order chi connectivity index (χ1) is 10.2. The maximum Gasteiger partial charge on any atom is 0.272 e. The van der Waals surface area contributed by atoms with Crippen LogP contribution in [0.5, 0.6) is 5.88 Å². The molecule has 1 amide bonds. The summed E-state index contributed by atoms with van der Waals surface area (Å²) in [5, 5.41) is 7.02. The summed E-state index contributed by atoms with van der Waals surface area (Å²) in [4.78, 5) is 22.2. The van der Waals surface area contributed by atoms with E-state index >= 15 is 0 Å². The summed E-state index contributed by atoms with van der Waals surface area (Å²) in [6, 6.07) is 3.57. The molecule has 1 saturated heterocycles. The van der Waals surface area contributed by atoms with Crippen molar-refractivity contribution in [2.24, 2.45) is 7.05 Å². The Morgan fingerprint density at radius 3 is 2.90 bits per heavy atom. The van der Waals surface area contributed by atoms with Crippen molar-refractivity contribution in [3.8, 4) is 5.88 Å². The highest BCUT2D eigenvalue weighted by atomic mass is 16.5. The van der Waals surface area contributed by atoms with Crippen LogP contribution >= 0.6 is 0 Å². The van der Waals surface area contributed by atoms with Gasteiger partial charge in [0.1, 0.15) is 17.8 Å². The summed E-state index contributed by atoms with van der Waals surface area (Å²) in [6.45, 7) is 1.41. The Hall–Kier alpha value is -2.64. The van der Waals surface area contributed by atoms with Gasteiger partial charge in [0, 0.05) is 32.4 Å². The molecular formula is C13H16N6O2. The number of methoxy groups -OCH3 is 1. The third-order valence-corrected chi connectivity index (χ3v) is 3.32. The zero-order chi connectivity index (χ0) is 14.8. The Kier molecular flexibility index (Phi) is 3.43. The number of rotatable bonds is 4. The first-order valence-corrected chi connectivity index (χ1v) is 6.57. The van der Waals surface area contributed by atoms with Crippen molar-refractivity contribution < 1.29 is 9.53 Å². The Balaban J connectivity index is 1.54. The molecule has 0 unspecified atom stereocenters. The normalized spacial score (nSPS) is 14.7. The highest BCUT2D eigenvalue weighted by Gasteiger charge is 2.30. The van der Waals surface area contributed by atoms with Crippen LogP contribution in [0.4, 0.5) is 5.82 Å². The average molecular weight is 288 g/mol. The standard InChI is InChI=1S/C13H16N6O2/c1-18-4-3-10(17-18)13(20)16-9-6-19(7-9)11-5-12(21-2)15-8-14-11/h3-5,8-9H,6-7H2,1-2H3,(H,16,20). The molecule has 3 rings (SSSR count). The van der Waals surface area contributed by atoms with Crippen LogP contribution in [0.15, 0.2) is 24.7 Å². The van der Waals surface area contributed by atoms with Gasteiger partial charge in [0.15, 0.2) is 0 Å². The molecule has 1 aliphatic rings. The van der Waals surface area contributed by atoms with E-state index in [0.29, 0.717) is 24.7 Å². The van der Waals surface area contributed by atoms with Gasteiger partial charge in [-0.25, -0.2) is 9.97 Å². The van der Waals surface area contributed by atoms with Gasteiger partial charge in [0.25, 0.3) is 5.91 Å². The number of amides is 1. The van der Waals surface area contributed by atoms with E-state index in [-0.39, 0.29) is 11.9 Å². The smallest absolute Gasteiger partial charge is 0.272 e. The zero-order valence-corrected chi connectivity index (χ0v) is 11.9. The molecule has 0 radical (unpaired) electrons. The molecule has 0 bridgehead atoms. The van der Waals surface area contributed by atoms with Crippen molar-refractivity contribution >= 4 is 11.7 Å². The molecule has 110 valence electrons. The predicted octanol–water partition coefficient (Wildman–Crippen LogP) is -0.163. The Bertz CT molecular complexity index is 650. The number of hydrogen-bond donors (Lipinski definition) is 1. The quantitative estimate of drug-likeness (QED) is 0.841. The first kappa shape index (κ1) is 13.3. The fourth-order valence-electron chi connectivity index (χ4n) is 2.17. The van der Waals surface area contributed by atoms with E-state index in [0.717, 1.165) is 5.82 Å². The minimum atomic E-state index is -0.152. The molecule has 0 atom stereocenters. The fourth-order valence-corrected chi connectivity index (χ4v) is 2.17. The van der Waals surface area contributed by atoms with Gasteiger partial charge < -0.3 is 15.0 Å². The van der Waals surface area contributed by atoms with E-state index in [9.17, 15) is 4.79 Å². The molecule has 0 aromatic carbocycles. The maximum atomic E-state index is 12.0. The fraction of sp³-hybridized carbons (Fsp3) is 0.385. The van der Waals surface area contributed by atoms with Crippen molar-refractivity contribution in [2.75, 3.05) is 25.1 Å². The average Bonchev–Trinajstić information content (AvgIpc) is 2.89. The van der Waals surface area contributed by atoms with Crippen LogP contribution in [-0.4, -0.2) is 51.9 Å². The second kappa shape index (κ2) is 5.39. The Morgan fingerprint density at radius 2 is 2.24 bits per heavy atom. The summed E-state index contributed by atoms with van der Waals surface area (Å²) in [6.07, 6.45) is 3.21. The van der Waals surface area contributed by atoms with Crippen LogP contribution in [0.25, 0.3) is 0 Å². The third-order valence-electron chi connectivity index (χ3n) is 3.32. The third kappa shape index (κ3) is 2.78. The van der Waals surface area contributed by atoms with E-state index in [1.807, 2.05) is 4.90 Å². The molecule has 0 saturated carbocycles. The van der Waals surface area contributed by atoms with Gasteiger partial charge in [-0.1, -0.05) is 0 Å². The number of ether oxygens (including phenoxy) is 1. The molecule has 0 aliphatic carbocycles. The number of nitrogens with zero attached hydrogens (tertiary/aromatic N) is 5. The second-order valence-electron chi connectivity index (χ2n) is 4.87. The maximum absolute atomic E-state index is 12.0. The van der Waals surface area contributed by atoms with Crippen molar-refractivity contribution in [2.45, 2.75) is 6.04 Å². The van der Waals surface area contributed by atoms with Gasteiger partial charge in [-0.05, 0) is 6.07 Å². The highest BCUT2D eigenvalue weighted by Crippen LogP contribution is 2.20. The Labute approximate surface area is 121 Å². The molecule has 1 N–H and O–H groups in total. The first-order valence-electron chi connectivity index (χ1n) is 6.57. The molecule has 8 heteroatoms. The van der Waals surface area contributed by atoms with E-state index in [1.54, 1.807) is 37.2 Å². The molecular weight excluding hydrogens is 272 g/mol. The molecule has 21 heavy (non-hydrogen) atoms. The number of hydrogen-bond acceptors (Lipinski definition) is 6. The summed E-state index contributed by atoms with van der Waals surface area (Å²) < 4.78 is 6.67. The monoisotopic (exact) mass is 288 g/mol. The largest absolute Gasteiger partial charge is 0.481 e. The van der Waals surface area contributed by atoms with E-state index in [1.165, 1.54) is 6.33 Å². The molecule has 0 spiro atoms. The van der Waals surface area contributed by atoms with E-state index in [4.69, 9.17) is 4.74 Å². The summed E-state index contributed by atoms with van der Waals surface area (Å²) >= 11 is 0. The molecule has 2 aromatic heterocycles. The number of carbonyl (C=O) groups excluding carboxylic acids is 1. The summed E-state index contributed by atoms with van der Waals surface area (Å²) in [7, 11) is 3.35. The van der Waals surface area contributed by atoms with E-state index in [2.05, 4.69) is 20.4 Å². The van der Waals surface area contributed by atoms with Crippen LogP contribution in [0.3, 0.4) is 0 Å². The topological polar surface area (TPSA) is 85.2 Å². The molecule has 3 heterocycles. The van der Waals surface area contributed by atoms with Gasteiger partial charge in [-0.3, -0.25) is 9.48 Å². The summed E-state index contributed by atoms with van der Waals surface area (Å²) in [5.41, 5.74) is 0.430. The van der Waals surface area contributed by atoms with E-state index < -0.39 is 0 Å².